The second-order valence-electron chi connectivity index (χ2n) is 8.46. The molecule has 0 bridgehead atoms. The van der Waals surface area contributed by atoms with E-state index in [1.54, 1.807) is 0 Å². The third-order valence-corrected chi connectivity index (χ3v) is 6.20. The molecule has 0 saturated carbocycles. The molecule has 0 saturated heterocycles. The van der Waals surface area contributed by atoms with Gasteiger partial charge in [-0.3, -0.25) is 4.79 Å². The van der Waals surface area contributed by atoms with Gasteiger partial charge in [-0.15, -0.1) is 0 Å². The number of benzene rings is 2. The van der Waals surface area contributed by atoms with Crippen LogP contribution in [0.1, 0.15) is 63.8 Å². The van der Waals surface area contributed by atoms with Gasteiger partial charge in [-0.2, -0.15) is 0 Å². The second-order valence-corrected chi connectivity index (χ2v) is 8.46. The summed E-state index contributed by atoms with van der Waals surface area (Å²) in [5.41, 5.74) is 3.74. The van der Waals surface area contributed by atoms with E-state index in [2.05, 4.69) is 26.1 Å². The molecule has 1 aliphatic rings. The van der Waals surface area contributed by atoms with Crippen molar-refractivity contribution < 1.29 is 9.90 Å². The molecule has 2 aromatic carbocycles. The summed E-state index contributed by atoms with van der Waals surface area (Å²) in [7, 11) is 0. The number of allylic oxidation sites excluding steroid dienone is 1. The predicted molar refractivity (Wildman–Crippen MR) is 114 cm³/mol. The van der Waals surface area contributed by atoms with E-state index < -0.39 is 11.5 Å². The van der Waals surface area contributed by atoms with E-state index in [0.717, 1.165) is 29.5 Å². The third-order valence-electron chi connectivity index (χ3n) is 6.20. The van der Waals surface area contributed by atoms with E-state index in [9.17, 15) is 9.90 Å². The number of carbonyl (C=O) groups excluding carboxylic acids is 1. The maximum absolute atomic E-state index is 13.2. The lowest BCUT2D eigenvalue weighted by atomic mass is 9.63. The molecule has 148 valence electrons. The average Bonchev–Trinajstić information content (AvgIpc) is 2.68. The summed E-state index contributed by atoms with van der Waals surface area (Å²) in [5, 5.41) is 14.3. The summed E-state index contributed by atoms with van der Waals surface area (Å²) < 4.78 is 0. The van der Waals surface area contributed by atoms with Crippen LogP contribution >= 0.6 is 0 Å². The first-order valence-electron chi connectivity index (χ1n) is 10.1. The van der Waals surface area contributed by atoms with Crippen molar-refractivity contribution in [3.05, 3.63) is 82.9 Å². The highest BCUT2D eigenvalue weighted by Gasteiger charge is 2.44. The highest BCUT2D eigenvalue weighted by molar-refractivity contribution is 5.81. The van der Waals surface area contributed by atoms with Crippen molar-refractivity contribution in [2.24, 2.45) is 11.3 Å². The molecule has 0 aromatic heterocycles. The van der Waals surface area contributed by atoms with E-state index in [4.69, 9.17) is 0 Å². The average molecular weight is 378 g/mol. The summed E-state index contributed by atoms with van der Waals surface area (Å²) in [6.07, 6.45) is 0.954. The topological polar surface area (TPSA) is 49.3 Å². The Kier molecular flexibility index (Phi) is 6.04. The lowest BCUT2D eigenvalue weighted by Gasteiger charge is -2.43. The van der Waals surface area contributed by atoms with Gasteiger partial charge in [0.1, 0.15) is 6.10 Å². The number of nitrogens with one attached hydrogen (secondary N) is 1. The number of carbonyl (C=O) groups is 1. The van der Waals surface area contributed by atoms with Crippen LogP contribution < -0.4 is 5.32 Å². The zero-order valence-corrected chi connectivity index (χ0v) is 17.3. The molecule has 0 radical (unpaired) electrons. The van der Waals surface area contributed by atoms with Crippen molar-refractivity contribution in [3.63, 3.8) is 0 Å². The molecule has 0 spiro atoms. The Morgan fingerprint density at radius 1 is 1.04 bits per heavy atom. The molecular weight excluding hydrogens is 346 g/mol. The monoisotopic (exact) mass is 377 g/mol. The minimum Gasteiger partial charge on any atom is -0.384 e. The van der Waals surface area contributed by atoms with E-state index >= 15 is 0 Å². The molecule has 1 aliphatic carbocycles. The minimum absolute atomic E-state index is 0.0426. The number of aliphatic hydroxyl groups excluding tert-OH is 1. The van der Waals surface area contributed by atoms with Gasteiger partial charge in [-0.1, -0.05) is 80.1 Å². The van der Waals surface area contributed by atoms with Crippen molar-refractivity contribution in [2.75, 3.05) is 0 Å². The molecule has 3 heteroatoms. The highest BCUT2D eigenvalue weighted by atomic mass is 16.3. The number of aliphatic hydroxyl groups is 1. The fourth-order valence-electron chi connectivity index (χ4n) is 4.58. The second kappa shape index (κ2) is 8.32. The summed E-state index contributed by atoms with van der Waals surface area (Å²) >= 11 is 0. The number of rotatable bonds is 5. The van der Waals surface area contributed by atoms with Gasteiger partial charge < -0.3 is 10.4 Å². The van der Waals surface area contributed by atoms with Crippen molar-refractivity contribution >= 4 is 5.91 Å². The Hall–Kier alpha value is -2.39. The molecule has 3 rings (SSSR count). The molecule has 0 unspecified atom stereocenters. The molecule has 2 aromatic rings. The van der Waals surface area contributed by atoms with Crippen LogP contribution in [-0.4, -0.2) is 11.0 Å². The molecule has 3 atom stereocenters. The van der Waals surface area contributed by atoms with Crippen molar-refractivity contribution in [3.8, 4) is 0 Å². The smallest absolute Gasteiger partial charge is 0.224 e. The van der Waals surface area contributed by atoms with Gasteiger partial charge in [-0.05, 0) is 43.4 Å². The van der Waals surface area contributed by atoms with Gasteiger partial charge in [0.25, 0.3) is 0 Å². The van der Waals surface area contributed by atoms with Crippen LogP contribution in [0, 0.1) is 11.3 Å². The minimum atomic E-state index is -0.682. The first kappa shape index (κ1) is 20.3. The Morgan fingerprint density at radius 2 is 1.57 bits per heavy atom. The van der Waals surface area contributed by atoms with E-state index in [0.29, 0.717) is 0 Å². The van der Waals surface area contributed by atoms with Gasteiger partial charge in [0.05, 0.1) is 6.04 Å². The maximum atomic E-state index is 13.2. The molecule has 2 N–H and O–H groups in total. The summed E-state index contributed by atoms with van der Waals surface area (Å²) in [4.78, 5) is 13.2. The van der Waals surface area contributed by atoms with Crippen LogP contribution in [0.3, 0.4) is 0 Å². The summed E-state index contributed by atoms with van der Waals surface area (Å²) in [6, 6.07) is 19.7. The van der Waals surface area contributed by atoms with Crippen LogP contribution in [0.15, 0.2) is 71.8 Å². The standard InChI is InChI=1S/C25H31NO2/c1-17-15-16-21(24(28)26-18(2)19-11-7-5-8-12-19)25(3,4)22(17)23(27)20-13-9-6-10-14-20/h5-14,18,21,23,27H,15-16H2,1-4H3,(H,26,28)/t18-,21-,23-/m0/s1. The quantitative estimate of drug-likeness (QED) is 0.690. The van der Waals surface area contributed by atoms with Crippen molar-refractivity contribution in [1.82, 2.24) is 5.32 Å². The van der Waals surface area contributed by atoms with E-state index in [-0.39, 0.29) is 17.9 Å². The normalized spacial score (nSPS) is 21.1. The molecule has 3 nitrogen and oxygen atoms in total. The van der Waals surface area contributed by atoms with Gasteiger partial charge in [0.15, 0.2) is 0 Å². The van der Waals surface area contributed by atoms with Crippen LogP contribution in [0.25, 0.3) is 0 Å². The maximum Gasteiger partial charge on any atom is 0.224 e. The SMILES string of the molecule is CC1=C([C@@H](O)c2ccccc2)C(C)(C)[C@H](C(=O)N[C@@H](C)c2ccccc2)CC1. The number of hydrogen-bond acceptors (Lipinski definition) is 2. The molecule has 28 heavy (non-hydrogen) atoms. The van der Waals surface area contributed by atoms with Crippen molar-refractivity contribution in [1.29, 1.82) is 0 Å². The number of amides is 1. The molecule has 1 amide bonds. The summed E-state index contributed by atoms with van der Waals surface area (Å²) in [5.74, 6) is -0.109. The Labute approximate surface area is 168 Å². The van der Waals surface area contributed by atoms with Gasteiger partial charge in [-0.25, -0.2) is 0 Å². The predicted octanol–water partition coefficient (Wildman–Crippen LogP) is 5.35. The van der Waals surface area contributed by atoms with Crippen LogP contribution in [0.4, 0.5) is 0 Å². The fourth-order valence-corrected chi connectivity index (χ4v) is 4.58. The highest BCUT2D eigenvalue weighted by Crippen LogP contribution is 2.49. The lowest BCUT2D eigenvalue weighted by Crippen LogP contribution is -2.44. The van der Waals surface area contributed by atoms with Crippen LogP contribution in [0.5, 0.6) is 0 Å². The van der Waals surface area contributed by atoms with Gasteiger partial charge in [0.2, 0.25) is 5.91 Å². The zero-order valence-electron chi connectivity index (χ0n) is 17.3. The molecular formula is C25H31NO2. The summed E-state index contributed by atoms with van der Waals surface area (Å²) in [6.45, 7) is 8.29. The van der Waals surface area contributed by atoms with Gasteiger partial charge >= 0.3 is 0 Å². The largest absolute Gasteiger partial charge is 0.384 e. The molecule has 0 aliphatic heterocycles. The first-order valence-corrected chi connectivity index (χ1v) is 10.1. The fraction of sp³-hybridized carbons (Fsp3) is 0.400. The van der Waals surface area contributed by atoms with E-state index in [1.165, 1.54) is 5.57 Å². The van der Waals surface area contributed by atoms with Crippen LogP contribution in [-0.2, 0) is 4.79 Å². The zero-order chi connectivity index (χ0) is 20.3. The first-order chi connectivity index (χ1) is 13.3. The van der Waals surface area contributed by atoms with Gasteiger partial charge in [0, 0.05) is 11.3 Å². The van der Waals surface area contributed by atoms with Crippen molar-refractivity contribution in [2.45, 2.75) is 52.7 Å². The Bertz CT molecular complexity index is 839. The lowest BCUT2D eigenvalue weighted by molar-refractivity contribution is -0.129. The molecule has 0 fully saturated rings. The third kappa shape index (κ3) is 4.05. The van der Waals surface area contributed by atoms with E-state index in [1.807, 2.05) is 67.6 Å². The molecule has 0 heterocycles. The Balaban J connectivity index is 1.83. The number of hydrogen-bond donors (Lipinski definition) is 2. The van der Waals surface area contributed by atoms with Crippen LogP contribution in [0.2, 0.25) is 0 Å². The Morgan fingerprint density at radius 3 is 2.14 bits per heavy atom.